The molecule has 0 heterocycles. The lowest BCUT2D eigenvalue weighted by Gasteiger charge is -2.16. The van der Waals surface area contributed by atoms with Crippen molar-refractivity contribution in [3.63, 3.8) is 0 Å². The largest absolute Gasteiger partial charge is 0.461 e. The van der Waals surface area contributed by atoms with Crippen molar-refractivity contribution in [3.05, 3.63) is 47.8 Å². The van der Waals surface area contributed by atoms with Gasteiger partial charge in [-0.15, -0.1) is 0 Å². The van der Waals surface area contributed by atoms with E-state index < -0.39 is 0 Å². The average molecular weight is 246 g/mol. The molecule has 3 unspecified atom stereocenters. The smallest absolute Gasteiger partial charge is 0.309 e. The van der Waals surface area contributed by atoms with Crippen LogP contribution >= 0.6 is 0 Å². The number of halogens is 1. The normalized spacial score (nSPS) is 28.6. The van der Waals surface area contributed by atoms with Crippen LogP contribution in [0.5, 0.6) is 0 Å². The van der Waals surface area contributed by atoms with E-state index in [-0.39, 0.29) is 24.3 Å². The second-order valence-electron chi connectivity index (χ2n) is 5.12. The molecule has 0 aliphatic heterocycles. The molecule has 0 spiro atoms. The lowest BCUT2D eigenvalue weighted by atomic mass is 9.94. The van der Waals surface area contributed by atoms with Crippen LogP contribution in [0.25, 0.3) is 0 Å². The number of hydrogen-bond donors (Lipinski definition) is 0. The zero-order valence-corrected chi connectivity index (χ0v) is 10.0. The Hall–Kier alpha value is -1.64. The number of carbonyl (C=O) groups excluding carboxylic acids is 1. The summed E-state index contributed by atoms with van der Waals surface area (Å²) in [4.78, 5) is 11.9. The van der Waals surface area contributed by atoms with E-state index in [4.69, 9.17) is 4.74 Å². The van der Waals surface area contributed by atoms with Crippen LogP contribution in [-0.2, 0) is 16.1 Å². The summed E-state index contributed by atoms with van der Waals surface area (Å²) in [5.74, 6) is 0.578. The third-order valence-electron chi connectivity index (χ3n) is 3.88. The van der Waals surface area contributed by atoms with Gasteiger partial charge in [-0.25, -0.2) is 4.39 Å². The summed E-state index contributed by atoms with van der Waals surface area (Å²) in [6.45, 7) is 0.233. The second-order valence-corrected chi connectivity index (χ2v) is 5.12. The van der Waals surface area contributed by atoms with E-state index in [1.165, 1.54) is 12.1 Å². The van der Waals surface area contributed by atoms with Crippen LogP contribution in [0.2, 0.25) is 0 Å². The first-order chi connectivity index (χ1) is 8.72. The molecule has 0 amide bonds. The summed E-state index contributed by atoms with van der Waals surface area (Å²) in [5.41, 5.74) is 0.823. The third kappa shape index (κ3) is 2.17. The maximum atomic E-state index is 12.7. The van der Waals surface area contributed by atoms with E-state index in [0.717, 1.165) is 18.4 Å². The molecule has 0 saturated heterocycles. The Labute approximate surface area is 105 Å². The average Bonchev–Trinajstić information content (AvgIpc) is 3.00. The summed E-state index contributed by atoms with van der Waals surface area (Å²) in [7, 11) is 0. The summed E-state index contributed by atoms with van der Waals surface area (Å²) < 4.78 is 18.0. The van der Waals surface area contributed by atoms with Crippen molar-refractivity contribution >= 4 is 5.97 Å². The van der Waals surface area contributed by atoms with E-state index >= 15 is 0 Å². The summed E-state index contributed by atoms with van der Waals surface area (Å²) >= 11 is 0. The minimum atomic E-state index is -0.275. The maximum absolute atomic E-state index is 12.7. The Kier molecular flexibility index (Phi) is 2.90. The summed E-state index contributed by atoms with van der Waals surface area (Å²) in [6, 6.07) is 6.04. The predicted molar refractivity (Wildman–Crippen MR) is 65.0 cm³/mol. The number of ether oxygens (including phenoxy) is 1. The van der Waals surface area contributed by atoms with E-state index in [1.54, 1.807) is 12.1 Å². The number of fused-ring (bicyclic) bond motifs is 2. The third-order valence-corrected chi connectivity index (χ3v) is 3.88. The van der Waals surface area contributed by atoms with E-state index in [2.05, 4.69) is 12.2 Å². The van der Waals surface area contributed by atoms with Crippen molar-refractivity contribution in [2.75, 3.05) is 0 Å². The number of carbonyl (C=O) groups is 1. The topological polar surface area (TPSA) is 26.3 Å². The summed E-state index contributed by atoms with van der Waals surface area (Å²) in [6.07, 6.45) is 6.35. The van der Waals surface area contributed by atoms with E-state index in [0.29, 0.717) is 11.8 Å². The van der Waals surface area contributed by atoms with Gasteiger partial charge < -0.3 is 4.74 Å². The Balaban J connectivity index is 1.56. The Morgan fingerprint density at radius 1 is 1.22 bits per heavy atom. The van der Waals surface area contributed by atoms with Crippen LogP contribution in [0.3, 0.4) is 0 Å². The molecule has 1 fully saturated rings. The predicted octanol–water partition coefficient (Wildman–Crippen LogP) is 3.08. The standard InChI is InChI=1S/C15H15FO2/c16-13-5-2-10(3-6-13)9-18-15(17)14-8-11-1-4-12(14)7-11/h1-6,11-12,14H,7-9H2. The lowest BCUT2D eigenvalue weighted by molar-refractivity contribution is -0.150. The van der Waals surface area contributed by atoms with Crippen molar-refractivity contribution in [2.24, 2.45) is 17.8 Å². The van der Waals surface area contributed by atoms with Crippen molar-refractivity contribution in [1.29, 1.82) is 0 Å². The highest BCUT2D eigenvalue weighted by Gasteiger charge is 2.40. The molecule has 2 aliphatic carbocycles. The molecule has 0 radical (unpaired) electrons. The van der Waals surface area contributed by atoms with Crippen LogP contribution in [0.1, 0.15) is 18.4 Å². The van der Waals surface area contributed by atoms with E-state index in [1.807, 2.05) is 0 Å². The number of allylic oxidation sites excluding steroid dienone is 2. The molecule has 3 rings (SSSR count). The number of benzene rings is 1. The van der Waals surface area contributed by atoms with Crippen molar-refractivity contribution < 1.29 is 13.9 Å². The fourth-order valence-electron chi connectivity index (χ4n) is 2.89. The van der Waals surface area contributed by atoms with Gasteiger partial charge in [0, 0.05) is 0 Å². The first kappa shape index (κ1) is 11.5. The summed E-state index contributed by atoms with van der Waals surface area (Å²) in [5, 5.41) is 0. The van der Waals surface area contributed by atoms with Crippen molar-refractivity contribution in [3.8, 4) is 0 Å². The van der Waals surface area contributed by atoms with Gasteiger partial charge in [-0.2, -0.15) is 0 Å². The lowest BCUT2D eigenvalue weighted by Crippen LogP contribution is -2.21. The maximum Gasteiger partial charge on any atom is 0.309 e. The molecule has 1 aromatic rings. The zero-order chi connectivity index (χ0) is 12.5. The Morgan fingerprint density at radius 2 is 2.00 bits per heavy atom. The van der Waals surface area contributed by atoms with Gasteiger partial charge >= 0.3 is 5.97 Å². The number of hydrogen-bond acceptors (Lipinski definition) is 2. The SMILES string of the molecule is O=C(OCc1ccc(F)cc1)C1CC2C=CC1C2. The Morgan fingerprint density at radius 3 is 2.61 bits per heavy atom. The molecule has 1 aromatic carbocycles. The highest BCUT2D eigenvalue weighted by Crippen LogP contribution is 2.43. The van der Waals surface area contributed by atoms with Crippen LogP contribution in [0, 0.1) is 23.6 Å². The van der Waals surface area contributed by atoms with Crippen LogP contribution in [0.15, 0.2) is 36.4 Å². The van der Waals surface area contributed by atoms with Crippen molar-refractivity contribution in [2.45, 2.75) is 19.4 Å². The monoisotopic (exact) mass is 246 g/mol. The van der Waals surface area contributed by atoms with Crippen LogP contribution in [-0.4, -0.2) is 5.97 Å². The fraction of sp³-hybridized carbons (Fsp3) is 0.400. The Bertz CT molecular complexity index is 478. The molecule has 1 saturated carbocycles. The van der Waals surface area contributed by atoms with E-state index in [9.17, 15) is 9.18 Å². The molecular formula is C15H15FO2. The van der Waals surface area contributed by atoms with Gasteiger partial charge in [0.1, 0.15) is 12.4 Å². The number of rotatable bonds is 3. The molecule has 2 bridgehead atoms. The second kappa shape index (κ2) is 4.56. The highest BCUT2D eigenvalue weighted by atomic mass is 19.1. The van der Waals surface area contributed by atoms with Crippen molar-refractivity contribution in [1.82, 2.24) is 0 Å². The quantitative estimate of drug-likeness (QED) is 0.605. The molecule has 0 N–H and O–H groups in total. The van der Waals surface area contributed by atoms with Crippen LogP contribution < -0.4 is 0 Å². The molecule has 2 nitrogen and oxygen atoms in total. The van der Waals surface area contributed by atoms with Gasteiger partial charge in [0.15, 0.2) is 0 Å². The highest BCUT2D eigenvalue weighted by molar-refractivity contribution is 5.74. The van der Waals surface area contributed by atoms with Gasteiger partial charge in [0.05, 0.1) is 5.92 Å². The first-order valence-corrected chi connectivity index (χ1v) is 6.32. The van der Waals surface area contributed by atoms with Gasteiger partial charge in [-0.05, 0) is 42.4 Å². The first-order valence-electron chi connectivity index (χ1n) is 6.32. The minimum absolute atomic E-state index is 0.0282. The van der Waals surface area contributed by atoms with Crippen LogP contribution in [0.4, 0.5) is 4.39 Å². The zero-order valence-electron chi connectivity index (χ0n) is 10.0. The molecule has 3 atom stereocenters. The molecular weight excluding hydrogens is 231 g/mol. The van der Waals surface area contributed by atoms with Gasteiger partial charge in [0.2, 0.25) is 0 Å². The molecule has 94 valence electrons. The molecule has 0 aromatic heterocycles. The van der Waals surface area contributed by atoms with Gasteiger partial charge in [0.25, 0.3) is 0 Å². The molecule has 18 heavy (non-hydrogen) atoms. The number of esters is 1. The molecule has 3 heteroatoms. The molecule has 2 aliphatic rings. The van der Waals surface area contributed by atoms with Gasteiger partial charge in [-0.3, -0.25) is 4.79 Å². The minimum Gasteiger partial charge on any atom is -0.461 e. The fourth-order valence-corrected chi connectivity index (χ4v) is 2.89. The van der Waals surface area contributed by atoms with Gasteiger partial charge in [-0.1, -0.05) is 24.3 Å².